The Bertz CT molecular complexity index is 1540. The van der Waals surface area contributed by atoms with Crippen molar-refractivity contribution >= 4 is 11.8 Å². The molecule has 0 radical (unpaired) electrons. The van der Waals surface area contributed by atoms with Crippen LogP contribution in [0, 0.1) is 5.92 Å². The second-order valence-corrected chi connectivity index (χ2v) is 10.9. The minimum Gasteiger partial charge on any atom is -0.497 e. The van der Waals surface area contributed by atoms with E-state index in [0.717, 1.165) is 71.1 Å². The quantitative estimate of drug-likeness (QED) is 0.171. The van der Waals surface area contributed by atoms with Crippen molar-refractivity contribution in [3.8, 4) is 39.8 Å². The number of carboxylic acids is 1. The third-order valence-corrected chi connectivity index (χ3v) is 8.27. The number of carboxylic acid groups (broad SMARTS) is 1. The van der Waals surface area contributed by atoms with Gasteiger partial charge in [0, 0.05) is 30.9 Å². The van der Waals surface area contributed by atoms with Crippen LogP contribution in [0.5, 0.6) is 17.2 Å². The van der Waals surface area contributed by atoms with E-state index in [-0.39, 0.29) is 11.8 Å². The van der Waals surface area contributed by atoms with Crippen LogP contribution in [-0.2, 0) is 11.2 Å². The van der Waals surface area contributed by atoms with Gasteiger partial charge >= 0.3 is 5.97 Å². The van der Waals surface area contributed by atoms with Crippen LogP contribution in [-0.4, -0.2) is 55.5 Å². The summed E-state index contributed by atoms with van der Waals surface area (Å²) in [5, 5.41) is 9.63. The Morgan fingerprint density at radius 2 is 1.63 bits per heavy atom. The van der Waals surface area contributed by atoms with Gasteiger partial charge in [0.25, 0.3) is 0 Å². The standard InChI is InChI=1S/C35H39N3O5/c1-5-29(35(39)40)31-17-11-25-21-28(16-18-30(25)31)43-20-6-19-38(2)34-32(23-7-12-26(41-3)13-8-23)22-36-33(37-34)24-9-14-27(42-4)15-10-24/h7-10,12-16,18,21-22,29,31H,5-6,11,17,19-20H2,1-4H3,(H,39,40)/t29?,31-/m0/s1. The van der Waals surface area contributed by atoms with Gasteiger partial charge in [-0.2, -0.15) is 0 Å². The Balaban J connectivity index is 1.28. The first-order valence-corrected chi connectivity index (χ1v) is 14.8. The number of hydrogen-bond acceptors (Lipinski definition) is 7. The number of aryl methyl sites for hydroxylation is 1. The van der Waals surface area contributed by atoms with E-state index in [1.807, 2.05) is 74.8 Å². The van der Waals surface area contributed by atoms with Crippen LogP contribution in [0.3, 0.4) is 0 Å². The molecule has 0 saturated heterocycles. The van der Waals surface area contributed by atoms with Gasteiger partial charge in [0.2, 0.25) is 0 Å². The van der Waals surface area contributed by atoms with Crippen molar-refractivity contribution in [2.24, 2.45) is 5.92 Å². The summed E-state index contributed by atoms with van der Waals surface area (Å²) < 4.78 is 16.8. The highest BCUT2D eigenvalue weighted by atomic mass is 16.5. The molecule has 1 aliphatic carbocycles. The third-order valence-electron chi connectivity index (χ3n) is 8.27. The van der Waals surface area contributed by atoms with Gasteiger partial charge in [-0.05, 0) is 96.8 Å². The Labute approximate surface area is 253 Å². The lowest BCUT2D eigenvalue weighted by atomic mass is 9.85. The van der Waals surface area contributed by atoms with Crippen molar-refractivity contribution in [1.29, 1.82) is 0 Å². The number of ether oxygens (including phenoxy) is 3. The number of nitrogens with zero attached hydrogens (tertiary/aromatic N) is 3. The molecular formula is C35H39N3O5. The molecular weight excluding hydrogens is 542 g/mol. The topological polar surface area (TPSA) is 94.0 Å². The van der Waals surface area contributed by atoms with Gasteiger partial charge in [0.05, 0.1) is 26.7 Å². The van der Waals surface area contributed by atoms with Crippen LogP contribution < -0.4 is 19.1 Å². The Morgan fingerprint density at radius 1 is 0.977 bits per heavy atom. The van der Waals surface area contributed by atoms with Crippen LogP contribution in [0.4, 0.5) is 5.82 Å². The molecule has 5 rings (SSSR count). The minimum absolute atomic E-state index is 0.0794. The molecule has 4 aromatic rings. The van der Waals surface area contributed by atoms with Gasteiger partial charge in [-0.25, -0.2) is 9.97 Å². The van der Waals surface area contributed by atoms with Crippen LogP contribution in [0.15, 0.2) is 72.9 Å². The van der Waals surface area contributed by atoms with Gasteiger partial charge in [0.15, 0.2) is 5.82 Å². The van der Waals surface area contributed by atoms with Gasteiger partial charge in [0.1, 0.15) is 23.1 Å². The fourth-order valence-electron chi connectivity index (χ4n) is 5.88. The lowest BCUT2D eigenvalue weighted by Gasteiger charge is -2.22. The highest BCUT2D eigenvalue weighted by molar-refractivity contribution is 5.77. The minimum atomic E-state index is -0.709. The molecule has 0 fully saturated rings. The van der Waals surface area contributed by atoms with Crippen molar-refractivity contribution in [2.75, 3.05) is 39.3 Å². The summed E-state index contributed by atoms with van der Waals surface area (Å²) in [7, 11) is 5.34. The first-order valence-electron chi connectivity index (χ1n) is 14.8. The van der Waals surface area contributed by atoms with E-state index in [0.29, 0.717) is 18.9 Å². The number of methoxy groups -OCH3 is 2. The molecule has 1 heterocycles. The van der Waals surface area contributed by atoms with Crippen LogP contribution in [0.1, 0.15) is 43.2 Å². The van der Waals surface area contributed by atoms with Gasteiger partial charge in [-0.3, -0.25) is 4.79 Å². The first kappa shape index (κ1) is 29.9. The number of carbonyl (C=O) groups is 1. The van der Waals surface area contributed by atoms with E-state index >= 15 is 0 Å². The Kier molecular flexibility index (Phi) is 9.45. The molecule has 3 aromatic carbocycles. The summed E-state index contributed by atoms with van der Waals surface area (Å²) >= 11 is 0. The molecule has 224 valence electrons. The lowest BCUT2D eigenvalue weighted by Crippen LogP contribution is -2.22. The molecule has 1 aromatic heterocycles. The van der Waals surface area contributed by atoms with Crippen molar-refractivity contribution < 1.29 is 24.1 Å². The predicted molar refractivity (Wildman–Crippen MR) is 168 cm³/mol. The normalized spacial score (nSPS) is 14.6. The largest absolute Gasteiger partial charge is 0.497 e. The number of fused-ring (bicyclic) bond motifs is 1. The molecule has 1 N–H and O–H groups in total. The molecule has 8 nitrogen and oxygen atoms in total. The summed E-state index contributed by atoms with van der Waals surface area (Å²) in [6, 6.07) is 21.8. The predicted octanol–water partition coefficient (Wildman–Crippen LogP) is 6.87. The maximum Gasteiger partial charge on any atom is 0.307 e. The maximum atomic E-state index is 11.7. The lowest BCUT2D eigenvalue weighted by molar-refractivity contribution is -0.142. The third kappa shape index (κ3) is 6.74. The number of anilines is 1. The Hall–Kier alpha value is -4.59. The number of benzene rings is 3. The molecule has 1 unspecified atom stereocenters. The van der Waals surface area contributed by atoms with Gasteiger partial charge in [-0.15, -0.1) is 0 Å². The maximum absolute atomic E-state index is 11.7. The second-order valence-electron chi connectivity index (χ2n) is 10.9. The molecule has 0 spiro atoms. The molecule has 2 atom stereocenters. The van der Waals surface area contributed by atoms with Crippen molar-refractivity contribution in [3.05, 3.63) is 84.1 Å². The molecule has 1 aliphatic rings. The fourth-order valence-corrected chi connectivity index (χ4v) is 5.88. The summed E-state index contributed by atoms with van der Waals surface area (Å²) in [5.41, 5.74) is 5.21. The molecule has 0 saturated carbocycles. The number of aliphatic carboxylic acids is 1. The summed E-state index contributed by atoms with van der Waals surface area (Å²) in [5.74, 6) is 2.91. The highest BCUT2D eigenvalue weighted by Gasteiger charge is 2.33. The van der Waals surface area contributed by atoms with Crippen molar-refractivity contribution in [2.45, 2.75) is 38.5 Å². The first-order chi connectivity index (χ1) is 20.9. The van der Waals surface area contributed by atoms with Gasteiger partial charge in [-0.1, -0.05) is 25.1 Å². The summed E-state index contributed by atoms with van der Waals surface area (Å²) in [4.78, 5) is 23.6. The van der Waals surface area contributed by atoms with Gasteiger partial charge < -0.3 is 24.2 Å². The van der Waals surface area contributed by atoms with E-state index in [1.165, 1.54) is 5.56 Å². The van der Waals surface area contributed by atoms with E-state index in [2.05, 4.69) is 17.0 Å². The number of hydrogen-bond donors (Lipinski definition) is 1. The molecule has 0 aliphatic heterocycles. The van der Waals surface area contributed by atoms with Crippen molar-refractivity contribution in [3.63, 3.8) is 0 Å². The molecule has 0 amide bonds. The van der Waals surface area contributed by atoms with E-state index in [1.54, 1.807) is 14.2 Å². The van der Waals surface area contributed by atoms with Crippen LogP contribution in [0.25, 0.3) is 22.5 Å². The highest BCUT2D eigenvalue weighted by Crippen LogP contribution is 2.41. The number of aromatic nitrogens is 2. The van der Waals surface area contributed by atoms with E-state index in [4.69, 9.17) is 24.2 Å². The van der Waals surface area contributed by atoms with Crippen LogP contribution >= 0.6 is 0 Å². The molecule has 0 bridgehead atoms. The van der Waals surface area contributed by atoms with Crippen molar-refractivity contribution in [1.82, 2.24) is 9.97 Å². The average molecular weight is 582 g/mol. The average Bonchev–Trinajstić information content (AvgIpc) is 3.45. The van der Waals surface area contributed by atoms with E-state index in [9.17, 15) is 9.90 Å². The second kappa shape index (κ2) is 13.6. The zero-order valence-corrected chi connectivity index (χ0v) is 25.2. The Morgan fingerprint density at radius 3 is 2.26 bits per heavy atom. The monoisotopic (exact) mass is 581 g/mol. The van der Waals surface area contributed by atoms with E-state index < -0.39 is 5.97 Å². The molecule has 43 heavy (non-hydrogen) atoms. The van der Waals surface area contributed by atoms with Crippen LogP contribution in [0.2, 0.25) is 0 Å². The fraction of sp³-hybridized carbons (Fsp3) is 0.343. The SMILES string of the molecule is CCC(C(=O)O)[C@@H]1CCc2cc(OCCCN(C)c3nc(-c4ccc(OC)cc4)ncc3-c3ccc(OC)cc3)ccc21. The summed E-state index contributed by atoms with van der Waals surface area (Å²) in [6.45, 7) is 3.23. The summed E-state index contributed by atoms with van der Waals surface area (Å²) in [6.07, 6.45) is 5.07. The zero-order chi connectivity index (χ0) is 30.3. The smallest absolute Gasteiger partial charge is 0.307 e. The molecule has 8 heteroatoms. The zero-order valence-electron chi connectivity index (χ0n) is 25.2. The number of rotatable bonds is 13.